The van der Waals surface area contributed by atoms with Crippen molar-refractivity contribution < 1.29 is 9.53 Å². The molecule has 2 aromatic heterocycles. The predicted molar refractivity (Wildman–Crippen MR) is 133 cm³/mol. The molecule has 4 aromatic rings. The van der Waals surface area contributed by atoms with E-state index in [1.54, 1.807) is 0 Å². The van der Waals surface area contributed by atoms with Crippen molar-refractivity contribution in [2.24, 2.45) is 0 Å². The Labute approximate surface area is 198 Å². The number of hydrogen-bond acceptors (Lipinski definition) is 6. The molecular weight excluding hydrogens is 428 g/mol. The SMILES string of the molecule is Cc1nc(Nc2ccc(NC(=O)c3ccc(-n4cccc4)cc3)cc2)cc(N2CCOCC2)n1. The fourth-order valence-electron chi connectivity index (χ4n) is 3.85. The van der Waals surface area contributed by atoms with Gasteiger partial charge in [-0.2, -0.15) is 0 Å². The molecule has 1 aliphatic rings. The minimum absolute atomic E-state index is 0.152. The van der Waals surface area contributed by atoms with E-state index in [9.17, 15) is 4.79 Å². The number of nitrogens with zero attached hydrogens (tertiary/aromatic N) is 4. The largest absolute Gasteiger partial charge is 0.378 e. The summed E-state index contributed by atoms with van der Waals surface area (Å²) in [6, 6.07) is 20.9. The van der Waals surface area contributed by atoms with Gasteiger partial charge in [0.1, 0.15) is 17.5 Å². The molecule has 2 aromatic carbocycles. The molecule has 0 unspecified atom stereocenters. The second-order valence-electron chi connectivity index (χ2n) is 8.05. The third-order valence-electron chi connectivity index (χ3n) is 5.61. The molecule has 1 fully saturated rings. The average molecular weight is 455 g/mol. The lowest BCUT2D eigenvalue weighted by molar-refractivity contribution is 0.102. The Bertz CT molecular complexity index is 1250. The maximum Gasteiger partial charge on any atom is 0.255 e. The third kappa shape index (κ3) is 5.07. The molecule has 172 valence electrons. The Balaban J connectivity index is 1.22. The Morgan fingerprint density at radius 3 is 2.29 bits per heavy atom. The summed E-state index contributed by atoms with van der Waals surface area (Å²) in [6.45, 7) is 4.93. The minimum atomic E-state index is -0.152. The molecule has 8 nitrogen and oxygen atoms in total. The number of amides is 1. The monoisotopic (exact) mass is 454 g/mol. The molecule has 8 heteroatoms. The molecule has 1 amide bonds. The van der Waals surface area contributed by atoms with Gasteiger partial charge in [0.25, 0.3) is 5.91 Å². The molecule has 0 saturated carbocycles. The van der Waals surface area contributed by atoms with E-state index in [1.807, 2.05) is 90.6 Å². The predicted octanol–water partition coefficient (Wildman–Crippen LogP) is 4.41. The van der Waals surface area contributed by atoms with Crippen molar-refractivity contribution in [1.29, 1.82) is 0 Å². The first-order valence-electron chi connectivity index (χ1n) is 11.2. The molecule has 1 saturated heterocycles. The zero-order chi connectivity index (χ0) is 23.3. The molecule has 2 N–H and O–H groups in total. The highest BCUT2D eigenvalue weighted by Gasteiger charge is 2.14. The molecule has 34 heavy (non-hydrogen) atoms. The molecule has 5 rings (SSSR count). The van der Waals surface area contributed by atoms with Gasteiger partial charge in [0.2, 0.25) is 0 Å². The first kappa shape index (κ1) is 21.7. The number of carbonyl (C=O) groups is 1. The molecule has 0 atom stereocenters. The lowest BCUT2D eigenvalue weighted by Crippen LogP contribution is -2.36. The Morgan fingerprint density at radius 1 is 0.912 bits per heavy atom. The Kier molecular flexibility index (Phi) is 6.22. The summed E-state index contributed by atoms with van der Waals surface area (Å²) in [7, 11) is 0. The van der Waals surface area contributed by atoms with Crippen molar-refractivity contribution in [3.05, 3.63) is 90.5 Å². The van der Waals surface area contributed by atoms with Gasteiger partial charge in [0, 0.05) is 54.2 Å². The van der Waals surface area contributed by atoms with Crippen LogP contribution in [0.1, 0.15) is 16.2 Å². The topological polar surface area (TPSA) is 84.3 Å². The number of aromatic nitrogens is 3. The van der Waals surface area contributed by atoms with Gasteiger partial charge in [-0.1, -0.05) is 0 Å². The van der Waals surface area contributed by atoms with Crippen LogP contribution in [0.4, 0.5) is 23.0 Å². The van der Waals surface area contributed by atoms with Crippen molar-refractivity contribution in [1.82, 2.24) is 14.5 Å². The van der Waals surface area contributed by atoms with E-state index in [4.69, 9.17) is 4.74 Å². The van der Waals surface area contributed by atoms with Gasteiger partial charge in [-0.15, -0.1) is 0 Å². The summed E-state index contributed by atoms with van der Waals surface area (Å²) < 4.78 is 7.43. The van der Waals surface area contributed by atoms with E-state index in [2.05, 4.69) is 25.5 Å². The summed E-state index contributed by atoms with van der Waals surface area (Å²) in [5.74, 6) is 2.18. The number of morpholine rings is 1. The smallest absolute Gasteiger partial charge is 0.255 e. The number of nitrogens with one attached hydrogen (secondary N) is 2. The number of hydrogen-bond donors (Lipinski definition) is 2. The number of aryl methyl sites for hydroxylation is 1. The van der Waals surface area contributed by atoms with Gasteiger partial charge in [-0.3, -0.25) is 4.79 Å². The summed E-state index contributed by atoms with van der Waals surface area (Å²) in [5, 5.41) is 6.28. The van der Waals surface area contributed by atoms with Crippen LogP contribution in [-0.4, -0.2) is 46.7 Å². The zero-order valence-corrected chi connectivity index (χ0v) is 18.9. The van der Waals surface area contributed by atoms with Crippen molar-refractivity contribution in [3.8, 4) is 5.69 Å². The van der Waals surface area contributed by atoms with Crippen LogP contribution in [0.2, 0.25) is 0 Å². The van der Waals surface area contributed by atoms with Gasteiger partial charge in [-0.05, 0) is 67.6 Å². The van der Waals surface area contributed by atoms with Crippen molar-refractivity contribution in [2.75, 3.05) is 41.8 Å². The highest BCUT2D eigenvalue weighted by Crippen LogP contribution is 2.22. The van der Waals surface area contributed by atoms with Gasteiger partial charge in [0.05, 0.1) is 13.2 Å². The number of carbonyl (C=O) groups excluding carboxylic acids is 1. The van der Waals surface area contributed by atoms with Crippen molar-refractivity contribution >= 4 is 28.9 Å². The first-order valence-corrected chi connectivity index (χ1v) is 11.2. The van der Waals surface area contributed by atoms with Crippen LogP contribution in [0.5, 0.6) is 0 Å². The van der Waals surface area contributed by atoms with Crippen LogP contribution >= 0.6 is 0 Å². The van der Waals surface area contributed by atoms with Gasteiger partial charge in [0.15, 0.2) is 0 Å². The van der Waals surface area contributed by atoms with Crippen LogP contribution in [0.25, 0.3) is 5.69 Å². The van der Waals surface area contributed by atoms with Crippen LogP contribution in [0, 0.1) is 6.92 Å². The highest BCUT2D eigenvalue weighted by atomic mass is 16.5. The van der Waals surface area contributed by atoms with E-state index < -0.39 is 0 Å². The van der Waals surface area contributed by atoms with E-state index in [-0.39, 0.29) is 5.91 Å². The molecule has 0 bridgehead atoms. The fourth-order valence-corrected chi connectivity index (χ4v) is 3.85. The normalized spacial score (nSPS) is 13.5. The molecule has 1 aliphatic heterocycles. The van der Waals surface area contributed by atoms with Crippen molar-refractivity contribution in [3.63, 3.8) is 0 Å². The second kappa shape index (κ2) is 9.76. The molecular formula is C26H26N6O2. The number of benzene rings is 2. The van der Waals surface area contributed by atoms with E-state index in [0.717, 1.165) is 41.8 Å². The second-order valence-corrected chi connectivity index (χ2v) is 8.05. The molecule has 0 aliphatic carbocycles. The summed E-state index contributed by atoms with van der Waals surface area (Å²) in [5.41, 5.74) is 3.21. The maximum absolute atomic E-state index is 12.6. The molecule has 3 heterocycles. The quantitative estimate of drug-likeness (QED) is 0.449. The maximum atomic E-state index is 12.6. The van der Waals surface area contributed by atoms with E-state index in [1.165, 1.54) is 0 Å². The third-order valence-corrected chi connectivity index (χ3v) is 5.61. The number of anilines is 4. The molecule has 0 radical (unpaired) electrons. The van der Waals surface area contributed by atoms with Crippen LogP contribution in [0.3, 0.4) is 0 Å². The van der Waals surface area contributed by atoms with Crippen LogP contribution in [0.15, 0.2) is 79.1 Å². The Hall–Kier alpha value is -4.17. The zero-order valence-electron chi connectivity index (χ0n) is 18.9. The number of ether oxygens (including phenoxy) is 1. The first-order chi connectivity index (χ1) is 16.6. The standard InChI is InChI=1S/C26H26N6O2/c1-19-27-24(18-25(28-19)32-14-16-34-17-15-32)29-21-6-8-22(9-7-21)30-26(33)20-4-10-23(11-5-20)31-12-2-3-13-31/h2-13,18H,14-17H2,1H3,(H,30,33)(H,27,28,29). The summed E-state index contributed by atoms with van der Waals surface area (Å²) >= 11 is 0. The van der Waals surface area contributed by atoms with Gasteiger partial charge < -0.3 is 24.8 Å². The van der Waals surface area contributed by atoms with E-state index >= 15 is 0 Å². The highest BCUT2D eigenvalue weighted by molar-refractivity contribution is 6.04. The Morgan fingerprint density at radius 2 is 1.59 bits per heavy atom. The summed E-state index contributed by atoms with van der Waals surface area (Å²) in [6.07, 6.45) is 3.94. The van der Waals surface area contributed by atoms with E-state index in [0.29, 0.717) is 24.6 Å². The summed E-state index contributed by atoms with van der Waals surface area (Å²) in [4.78, 5) is 23.9. The lowest BCUT2D eigenvalue weighted by atomic mass is 10.2. The van der Waals surface area contributed by atoms with Gasteiger partial charge >= 0.3 is 0 Å². The number of rotatable bonds is 6. The van der Waals surface area contributed by atoms with Gasteiger partial charge in [-0.25, -0.2) is 9.97 Å². The minimum Gasteiger partial charge on any atom is -0.378 e. The molecule has 0 spiro atoms. The van der Waals surface area contributed by atoms with Crippen LogP contribution < -0.4 is 15.5 Å². The average Bonchev–Trinajstić information content (AvgIpc) is 3.41. The van der Waals surface area contributed by atoms with Crippen molar-refractivity contribution in [2.45, 2.75) is 6.92 Å². The lowest BCUT2D eigenvalue weighted by Gasteiger charge is -2.28. The fraction of sp³-hybridized carbons (Fsp3) is 0.192. The van der Waals surface area contributed by atoms with Crippen LogP contribution in [-0.2, 0) is 4.74 Å².